The van der Waals surface area contributed by atoms with Crippen LogP contribution in [0.15, 0.2) is 45.6 Å². The first kappa shape index (κ1) is 20.3. The summed E-state index contributed by atoms with van der Waals surface area (Å²) in [4.78, 5) is 30.7. The Morgan fingerprint density at radius 1 is 1.30 bits per heavy atom. The molecule has 1 fully saturated rings. The minimum atomic E-state index is -0.503. The summed E-state index contributed by atoms with van der Waals surface area (Å²) < 4.78 is 5.05. The van der Waals surface area contributed by atoms with Gasteiger partial charge in [-0.1, -0.05) is 11.6 Å². The Hall–Kier alpha value is -2.97. The van der Waals surface area contributed by atoms with Gasteiger partial charge in [0, 0.05) is 48.1 Å². The molecule has 0 unspecified atom stereocenters. The van der Waals surface area contributed by atoms with Gasteiger partial charge in [-0.25, -0.2) is 4.79 Å². The highest BCUT2D eigenvalue weighted by Gasteiger charge is 2.27. The maximum Gasteiger partial charge on any atom is 0.417 e. The monoisotopic (exact) mass is 430 g/mol. The molecule has 0 saturated carbocycles. The Kier molecular flexibility index (Phi) is 5.69. The molecule has 9 heteroatoms. The van der Waals surface area contributed by atoms with E-state index >= 15 is 0 Å². The summed E-state index contributed by atoms with van der Waals surface area (Å²) in [5.41, 5.74) is 3.46. The second-order valence-corrected chi connectivity index (χ2v) is 7.80. The molecule has 30 heavy (non-hydrogen) atoms. The van der Waals surface area contributed by atoms with Gasteiger partial charge in [-0.05, 0) is 42.8 Å². The van der Waals surface area contributed by atoms with Crippen molar-refractivity contribution >= 4 is 40.0 Å². The number of nitrogens with zero attached hydrogens (tertiary/aromatic N) is 2. The van der Waals surface area contributed by atoms with E-state index in [9.17, 15) is 14.7 Å². The minimum Gasteiger partial charge on any atom is -0.408 e. The lowest BCUT2D eigenvalue weighted by Gasteiger charge is -2.41. The number of anilines is 2. The van der Waals surface area contributed by atoms with E-state index in [0.717, 1.165) is 5.69 Å². The number of benzene rings is 2. The maximum absolute atomic E-state index is 12.8. The van der Waals surface area contributed by atoms with Gasteiger partial charge in [-0.3, -0.25) is 9.78 Å². The van der Waals surface area contributed by atoms with E-state index in [1.54, 1.807) is 24.3 Å². The first-order valence-electron chi connectivity index (χ1n) is 9.75. The molecule has 3 aromatic rings. The Morgan fingerprint density at radius 3 is 2.90 bits per heavy atom. The van der Waals surface area contributed by atoms with Gasteiger partial charge in [0.2, 0.25) is 5.91 Å². The summed E-state index contributed by atoms with van der Waals surface area (Å²) in [5.74, 6) is -0.498. The number of amides is 1. The molecule has 0 bridgehead atoms. The highest BCUT2D eigenvalue weighted by Crippen LogP contribution is 2.25. The maximum atomic E-state index is 12.8. The van der Waals surface area contributed by atoms with E-state index in [1.165, 1.54) is 0 Å². The molecular formula is C21H23ClN4O4. The fraction of sp³-hybridized carbons (Fsp3) is 0.333. The van der Waals surface area contributed by atoms with Crippen LogP contribution in [0.3, 0.4) is 0 Å². The van der Waals surface area contributed by atoms with E-state index in [2.05, 4.69) is 15.2 Å². The number of nitrogens with one attached hydrogen (secondary N) is 2. The lowest BCUT2D eigenvalue weighted by atomic mass is 10.1. The summed E-state index contributed by atoms with van der Waals surface area (Å²) in [6.07, 6.45) is 0. The summed E-state index contributed by atoms with van der Waals surface area (Å²) in [6.45, 7) is 4.06. The van der Waals surface area contributed by atoms with Gasteiger partial charge in [0.1, 0.15) is 0 Å². The number of oxazole rings is 1. The van der Waals surface area contributed by atoms with Gasteiger partial charge in [-0.2, -0.15) is 0 Å². The summed E-state index contributed by atoms with van der Waals surface area (Å²) in [5, 5.41) is 13.1. The molecule has 1 aromatic heterocycles. The number of carbonyl (C=O) groups is 1. The third kappa shape index (κ3) is 4.15. The number of aromatic amines is 1. The van der Waals surface area contributed by atoms with Gasteiger partial charge in [0.25, 0.3) is 0 Å². The number of aliphatic hydroxyl groups is 1. The predicted octanol–water partition coefficient (Wildman–Crippen LogP) is 2.42. The number of rotatable bonds is 5. The van der Waals surface area contributed by atoms with Crippen molar-refractivity contribution in [1.29, 1.82) is 0 Å². The van der Waals surface area contributed by atoms with Crippen LogP contribution in [0.5, 0.6) is 0 Å². The zero-order chi connectivity index (χ0) is 21.3. The highest BCUT2D eigenvalue weighted by molar-refractivity contribution is 6.31. The van der Waals surface area contributed by atoms with Crippen molar-refractivity contribution in [2.24, 2.45) is 0 Å². The topological polar surface area (TPSA) is 102 Å². The number of hydrogen-bond acceptors (Lipinski definition) is 6. The lowest BCUT2D eigenvalue weighted by Crippen LogP contribution is -2.55. The molecule has 3 N–H and O–H groups in total. The molecule has 1 aliphatic heterocycles. The van der Waals surface area contributed by atoms with Crippen LogP contribution in [0, 0.1) is 0 Å². The van der Waals surface area contributed by atoms with E-state index < -0.39 is 5.76 Å². The summed E-state index contributed by atoms with van der Waals surface area (Å²) in [7, 11) is 0. The first-order chi connectivity index (χ1) is 14.4. The number of H-pyrrole nitrogens is 1. The van der Waals surface area contributed by atoms with Gasteiger partial charge >= 0.3 is 5.76 Å². The summed E-state index contributed by atoms with van der Waals surface area (Å²) >= 11 is 6.09. The standard InChI is InChI=1S/C21H23ClN4O4/c1-13-11-25(16-3-4-17(22)14(8-16)12-27)6-7-26(13)20(28)10-23-15-2-5-18-19(9-15)30-21(29)24-18/h2-5,8-9,13,23,27H,6-7,10-12H2,1H3,(H,24,29)/t13-/m1/s1. The molecule has 0 aliphatic carbocycles. The fourth-order valence-electron chi connectivity index (χ4n) is 3.78. The second-order valence-electron chi connectivity index (χ2n) is 7.40. The SMILES string of the molecule is C[C@@H]1CN(c2ccc(Cl)c(CO)c2)CCN1C(=O)CNc1ccc2[nH]c(=O)oc2c1. The van der Waals surface area contributed by atoms with Crippen molar-refractivity contribution < 1.29 is 14.3 Å². The number of aromatic nitrogens is 1. The Morgan fingerprint density at radius 2 is 2.13 bits per heavy atom. The molecule has 0 radical (unpaired) electrons. The Labute approximate surface area is 178 Å². The van der Waals surface area contributed by atoms with Crippen LogP contribution in [0.2, 0.25) is 5.02 Å². The van der Waals surface area contributed by atoms with Crippen molar-refractivity contribution in [1.82, 2.24) is 9.88 Å². The Balaban J connectivity index is 1.36. The highest BCUT2D eigenvalue weighted by atomic mass is 35.5. The fourth-order valence-corrected chi connectivity index (χ4v) is 3.95. The number of halogens is 1. The Bertz CT molecular complexity index is 1130. The van der Waals surface area contributed by atoms with E-state index in [1.807, 2.05) is 24.0 Å². The molecule has 1 aliphatic rings. The quantitative estimate of drug-likeness (QED) is 0.574. The molecule has 0 spiro atoms. The average Bonchev–Trinajstić information content (AvgIpc) is 3.11. The first-order valence-corrected chi connectivity index (χ1v) is 10.1. The van der Waals surface area contributed by atoms with Crippen molar-refractivity contribution in [2.75, 3.05) is 36.4 Å². The largest absolute Gasteiger partial charge is 0.417 e. The molecule has 4 rings (SSSR count). The van der Waals surface area contributed by atoms with Gasteiger partial charge in [0.15, 0.2) is 5.58 Å². The zero-order valence-corrected chi connectivity index (χ0v) is 17.3. The van der Waals surface area contributed by atoms with E-state index in [4.69, 9.17) is 16.0 Å². The minimum absolute atomic E-state index is 0.00456. The number of carbonyl (C=O) groups excluding carboxylic acids is 1. The van der Waals surface area contributed by atoms with E-state index in [-0.39, 0.29) is 25.1 Å². The predicted molar refractivity (Wildman–Crippen MR) is 116 cm³/mol. The zero-order valence-electron chi connectivity index (χ0n) is 16.5. The second kappa shape index (κ2) is 8.41. The third-order valence-corrected chi connectivity index (χ3v) is 5.75. The summed E-state index contributed by atoms with van der Waals surface area (Å²) in [6, 6.07) is 10.9. The van der Waals surface area contributed by atoms with Crippen LogP contribution in [0.25, 0.3) is 11.1 Å². The van der Waals surface area contributed by atoms with Crippen LogP contribution < -0.4 is 16.0 Å². The normalized spacial score (nSPS) is 16.8. The lowest BCUT2D eigenvalue weighted by molar-refractivity contribution is -0.131. The third-order valence-electron chi connectivity index (χ3n) is 5.38. The van der Waals surface area contributed by atoms with Gasteiger partial charge in [0.05, 0.1) is 18.7 Å². The van der Waals surface area contributed by atoms with Crippen LogP contribution in [0.1, 0.15) is 12.5 Å². The molecule has 1 amide bonds. The van der Waals surface area contributed by atoms with Crippen LogP contribution in [-0.4, -0.2) is 53.1 Å². The molecule has 1 saturated heterocycles. The average molecular weight is 431 g/mol. The van der Waals surface area contributed by atoms with Crippen LogP contribution in [0.4, 0.5) is 11.4 Å². The van der Waals surface area contributed by atoms with Crippen molar-refractivity contribution in [3.05, 3.63) is 57.5 Å². The number of piperazine rings is 1. The molecule has 2 heterocycles. The number of aliphatic hydroxyl groups excluding tert-OH is 1. The van der Waals surface area contributed by atoms with Crippen molar-refractivity contribution in [2.45, 2.75) is 19.6 Å². The molecule has 1 atom stereocenters. The molecular weight excluding hydrogens is 408 g/mol. The smallest absolute Gasteiger partial charge is 0.408 e. The molecule has 2 aromatic carbocycles. The van der Waals surface area contributed by atoms with Gasteiger partial charge < -0.3 is 24.6 Å². The molecule has 8 nitrogen and oxygen atoms in total. The van der Waals surface area contributed by atoms with E-state index in [0.29, 0.717) is 47.0 Å². The number of fused-ring (bicyclic) bond motifs is 1. The van der Waals surface area contributed by atoms with Crippen LogP contribution in [-0.2, 0) is 11.4 Å². The van der Waals surface area contributed by atoms with Crippen molar-refractivity contribution in [3.8, 4) is 0 Å². The van der Waals surface area contributed by atoms with Crippen molar-refractivity contribution in [3.63, 3.8) is 0 Å². The molecule has 158 valence electrons. The van der Waals surface area contributed by atoms with Crippen LogP contribution >= 0.6 is 11.6 Å². The van der Waals surface area contributed by atoms with Gasteiger partial charge in [-0.15, -0.1) is 0 Å². The number of hydrogen-bond donors (Lipinski definition) is 3.